The summed E-state index contributed by atoms with van der Waals surface area (Å²) in [7, 11) is 0. The molecule has 1 fully saturated rings. The maximum atomic E-state index is 13.8. The van der Waals surface area contributed by atoms with E-state index in [9.17, 15) is 14.0 Å². The lowest BCUT2D eigenvalue weighted by Gasteiger charge is -2.29. The maximum Gasteiger partial charge on any atom is 0.261 e. The molecule has 30 heavy (non-hydrogen) atoms. The minimum atomic E-state index is -0.633. The SMILES string of the molecule is CC(C(=O)NC1CCCC1)N(CCc1ccccc1)C(=O)COc1ccccc1F. The van der Waals surface area contributed by atoms with Crippen LogP contribution in [0.1, 0.15) is 38.2 Å². The van der Waals surface area contributed by atoms with Crippen molar-refractivity contribution in [2.45, 2.75) is 51.1 Å². The van der Waals surface area contributed by atoms with Gasteiger partial charge in [-0.1, -0.05) is 55.3 Å². The van der Waals surface area contributed by atoms with Gasteiger partial charge in [-0.25, -0.2) is 4.39 Å². The highest BCUT2D eigenvalue weighted by Crippen LogP contribution is 2.19. The lowest BCUT2D eigenvalue weighted by Crippen LogP contribution is -2.51. The van der Waals surface area contributed by atoms with Gasteiger partial charge >= 0.3 is 0 Å². The first-order valence-corrected chi connectivity index (χ1v) is 10.6. The molecule has 0 bridgehead atoms. The van der Waals surface area contributed by atoms with E-state index in [2.05, 4.69) is 5.32 Å². The topological polar surface area (TPSA) is 58.6 Å². The molecular weight excluding hydrogens is 383 g/mol. The predicted octanol–water partition coefficient (Wildman–Crippen LogP) is 3.72. The minimum Gasteiger partial charge on any atom is -0.481 e. The van der Waals surface area contributed by atoms with E-state index < -0.39 is 11.9 Å². The van der Waals surface area contributed by atoms with Crippen molar-refractivity contribution in [2.24, 2.45) is 0 Å². The van der Waals surface area contributed by atoms with Gasteiger partial charge in [0.15, 0.2) is 18.2 Å². The van der Waals surface area contributed by atoms with Gasteiger partial charge in [0, 0.05) is 12.6 Å². The number of hydrogen-bond acceptors (Lipinski definition) is 3. The second-order valence-electron chi connectivity index (χ2n) is 7.71. The number of halogens is 1. The molecule has 0 aliphatic heterocycles. The lowest BCUT2D eigenvalue weighted by atomic mass is 10.1. The summed E-state index contributed by atoms with van der Waals surface area (Å²) in [6.07, 6.45) is 4.81. The summed E-state index contributed by atoms with van der Waals surface area (Å²) in [5.74, 6) is -0.998. The Morgan fingerprint density at radius 1 is 1.10 bits per heavy atom. The summed E-state index contributed by atoms with van der Waals surface area (Å²) in [5, 5.41) is 3.06. The number of carbonyl (C=O) groups is 2. The Bertz CT molecular complexity index is 837. The average Bonchev–Trinajstić information content (AvgIpc) is 3.27. The van der Waals surface area contributed by atoms with Gasteiger partial charge in [0.1, 0.15) is 6.04 Å². The predicted molar refractivity (Wildman–Crippen MR) is 114 cm³/mol. The molecule has 160 valence electrons. The Kier molecular flexibility index (Phi) is 7.82. The van der Waals surface area contributed by atoms with Crippen molar-refractivity contribution in [3.05, 3.63) is 66.0 Å². The molecule has 5 nitrogen and oxygen atoms in total. The van der Waals surface area contributed by atoms with Crippen molar-refractivity contribution in [3.63, 3.8) is 0 Å². The summed E-state index contributed by atoms with van der Waals surface area (Å²) in [4.78, 5) is 27.2. The monoisotopic (exact) mass is 412 g/mol. The molecule has 1 unspecified atom stereocenters. The molecule has 1 N–H and O–H groups in total. The van der Waals surface area contributed by atoms with E-state index in [-0.39, 0.29) is 30.2 Å². The van der Waals surface area contributed by atoms with Crippen molar-refractivity contribution < 1.29 is 18.7 Å². The Hall–Kier alpha value is -2.89. The van der Waals surface area contributed by atoms with E-state index in [1.807, 2.05) is 30.3 Å². The smallest absolute Gasteiger partial charge is 0.261 e. The molecule has 1 aliphatic carbocycles. The zero-order valence-corrected chi connectivity index (χ0v) is 17.4. The molecule has 1 atom stereocenters. The highest BCUT2D eigenvalue weighted by molar-refractivity contribution is 5.88. The van der Waals surface area contributed by atoms with E-state index >= 15 is 0 Å². The van der Waals surface area contributed by atoms with Crippen LogP contribution in [0.5, 0.6) is 5.75 Å². The highest BCUT2D eigenvalue weighted by Gasteiger charge is 2.28. The summed E-state index contributed by atoms with van der Waals surface area (Å²) < 4.78 is 19.2. The van der Waals surface area contributed by atoms with Crippen LogP contribution < -0.4 is 10.1 Å². The van der Waals surface area contributed by atoms with Crippen molar-refractivity contribution in [3.8, 4) is 5.75 Å². The number of carbonyl (C=O) groups excluding carboxylic acids is 2. The Balaban J connectivity index is 1.66. The molecule has 2 amide bonds. The van der Waals surface area contributed by atoms with E-state index in [4.69, 9.17) is 4.74 Å². The van der Waals surface area contributed by atoms with Crippen molar-refractivity contribution in [2.75, 3.05) is 13.2 Å². The molecule has 0 saturated heterocycles. The molecule has 2 aromatic carbocycles. The van der Waals surface area contributed by atoms with Crippen LogP contribution in [0.3, 0.4) is 0 Å². The zero-order chi connectivity index (χ0) is 21.3. The van der Waals surface area contributed by atoms with Gasteiger partial charge in [0.2, 0.25) is 5.91 Å². The lowest BCUT2D eigenvalue weighted by molar-refractivity contribution is -0.141. The van der Waals surface area contributed by atoms with Crippen LogP contribution in [0.15, 0.2) is 54.6 Å². The molecule has 2 aromatic rings. The van der Waals surface area contributed by atoms with Gasteiger partial charge in [0.05, 0.1) is 0 Å². The summed E-state index contributed by atoms with van der Waals surface area (Å²) in [6.45, 7) is 1.79. The third-order valence-electron chi connectivity index (χ3n) is 5.54. The van der Waals surface area contributed by atoms with E-state index in [0.29, 0.717) is 13.0 Å². The molecule has 6 heteroatoms. The molecule has 0 heterocycles. The molecule has 0 spiro atoms. The normalized spacial score (nSPS) is 14.9. The van der Waals surface area contributed by atoms with E-state index in [0.717, 1.165) is 31.2 Å². The molecule has 1 saturated carbocycles. The van der Waals surface area contributed by atoms with Crippen LogP contribution in [0.25, 0.3) is 0 Å². The van der Waals surface area contributed by atoms with Crippen LogP contribution in [0.4, 0.5) is 4.39 Å². The largest absolute Gasteiger partial charge is 0.481 e. The van der Waals surface area contributed by atoms with Gasteiger partial charge < -0.3 is 15.0 Å². The molecule has 3 rings (SSSR count). The molecule has 0 radical (unpaired) electrons. The van der Waals surface area contributed by atoms with Crippen LogP contribution in [-0.4, -0.2) is 41.9 Å². The van der Waals surface area contributed by atoms with Gasteiger partial charge in [-0.3, -0.25) is 9.59 Å². The zero-order valence-electron chi connectivity index (χ0n) is 17.4. The van der Waals surface area contributed by atoms with Gasteiger partial charge in [-0.15, -0.1) is 0 Å². The number of benzene rings is 2. The van der Waals surface area contributed by atoms with Crippen LogP contribution in [0.2, 0.25) is 0 Å². The molecular formula is C24H29FN2O3. The number of nitrogens with one attached hydrogen (secondary N) is 1. The number of nitrogens with zero attached hydrogens (tertiary/aromatic N) is 1. The molecule has 0 aromatic heterocycles. The number of rotatable bonds is 9. The Labute approximate surface area is 177 Å². The first kappa shape index (κ1) is 21.8. The van der Waals surface area contributed by atoms with Crippen molar-refractivity contribution in [1.29, 1.82) is 0 Å². The van der Waals surface area contributed by atoms with Gasteiger partial charge in [0.25, 0.3) is 5.91 Å². The van der Waals surface area contributed by atoms with E-state index in [1.165, 1.54) is 17.0 Å². The Morgan fingerprint density at radius 2 is 1.77 bits per heavy atom. The number of para-hydroxylation sites is 1. The third kappa shape index (κ3) is 6.05. The van der Waals surface area contributed by atoms with Crippen molar-refractivity contribution >= 4 is 11.8 Å². The summed E-state index contributed by atoms with van der Waals surface area (Å²) in [5.41, 5.74) is 1.08. The second-order valence-corrected chi connectivity index (χ2v) is 7.71. The fourth-order valence-electron chi connectivity index (χ4n) is 3.75. The third-order valence-corrected chi connectivity index (χ3v) is 5.54. The maximum absolute atomic E-state index is 13.8. The number of amides is 2. The summed E-state index contributed by atoms with van der Waals surface area (Å²) in [6, 6.07) is 15.3. The average molecular weight is 413 g/mol. The minimum absolute atomic E-state index is 0.0249. The van der Waals surface area contributed by atoms with Crippen molar-refractivity contribution in [1.82, 2.24) is 10.2 Å². The first-order chi connectivity index (χ1) is 14.5. The highest BCUT2D eigenvalue weighted by atomic mass is 19.1. The van der Waals surface area contributed by atoms with Gasteiger partial charge in [-0.2, -0.15) is 0 Å². The van der Waals surface area contributed by atoms with Crippen LogP contribution in [0, 0.1) is 5.82 Å². The van der Waals surface area contributed by atoms with Crippen LogP contribution >= 0.6 is 0 Å². The van der Waals surface area contributed by atoms with Gasteiger partial charge in [-0.05, 0) is 43.9 Å². The number of ether oxygens (including phenoxy) is 1. The fourth-order valence-corrected chi connectivity index (χ4v) is 3.75. The van der Waals surface area contributed by atoms with Crippen LogP contribution in [-0.2, 0) is 16.0 Å². The quantitative estimate of drug-likeness (QED) is 0.683. The second kappa shape index (κ2) is 10.8. The fraction of sp³-hybridized carbons (Fsp3) is 0.417. The standard InChI is InChI=1S/C24H29FN2O3/c1-18(24(29)26-20-11-5-6-12-20)27(16-15-19-9-3-2-4-10-19)23(28)17-30-22-14-8-7-13-21(22)25/h2-4,7-10,13-14,18,20H,5-6,11-12,15-17H2,1H3,(H,26,29). The number of hydrogen-bond donors (Lipinski definition) is 1. The van der Waals surface area contributed by atoms with E-state index in [1.54, 1.807) is 19.1 Å². The summed E-state index contributed by atoms with van der Waals surface area (Å²) >= 11 is 0. The first-order valence-electron chi connectivity index (χ1n) is 10.6. The Morgan fingerprint density at radius 3 is 2.47 bits per heavy atom. The molecule has 1 aliphatic rings.